The molecule has 2 aromatic carbocycles. The van der Waals surface area contributed by atoms with Crippen LogP contribution in [0.4, 0.5) is 0 Å². The number of carbonyl (C=O) groups excluding carboxylic acids is 2. The van der Waals surface area contributed by atoms with Gasteiger partial charge in [-0.15, -0.1) is 0 Å². The smallest absolute Gasteiger partial charge is 0.344 e. The Kier molecular flexibility index (Phi) is 7.85. The lowest BCUT2D eigenvalue weighted by atomic mass is 10.2. The van der Waals surface area contributed by atoms with E-state index in [-0.39, 0.29) is 31.3 Å². The number of thioether (sulfide) groups is 1. The molecule has 0 bridgehead atoms. The van der Waals surface area contributed by atoms with Gasteiger partial charge in [0, 0.05) is 5.02 Å². The van der Waals surface area contributed by atoms with Crippen molar-refractivity contribution in [1.29, 1.82) is 0 Å². The van der Waals surface area contributed by atoms with Crippen molar-refractivity contribution < 1.29 is 29.0 Å². The molecule has 1 heterocycles. The minimum Gasteiger partial charge on any atom is -0.493 e. The second-order valence-corrected chi connectivity index (χ2v) is 9.11. The van der Waals surface area contributed by atoms with Crippen LogP contribution in [0.25, 0.3) is 6.08 Å². The summed E-state index contributed by atoms with van der Waals surface area (Å²) in [4.78, 5) is 36.7. The Morgan fingerprint density at radius 3 is 2.58 bits per heavy atom. The number of thiocarbonyl (C=S) groups is 1. The van der Waals surface area contributed by atoms with Gasteiger partial charge in [-0.25, -0.2) is 4.79 Å². The van der Waals surface area contributed by atoms with Crippen molar-refractivity contribution >= 4 is 75.4 Å². The fourth-order valence-corrected chi connectivity index (χ4v) is 4.34. The van der Waals surface area contributed by atoms with Crippen LogP contribution in [0.1, 0.15) is 22.8 Å². The third kappa shape index (κ3) is 5.77. The van der Waals surface area contributed by atoms with Crippen LogP contribution in [-0.2, 0) is 9.59 Å². The van der Waals surface area contributed by atoms with Gasteiger partial charge in [-0.2, -0.15) is 5.01 Å². The molecule has 1 aliphatic heterocycles. The molecule has 2 N–H and O–H groups in total. The summed E-state index contributed by atoms with van der Waals surface area (Å²) in [5.74, 6) is -1.74. The molecule has 8 nitrogen and oxygen atoms in total. The largest absolute Gasteiger partial charge is 0.493 e. The van der Waals surface area contributed by atoms with E-state index in [1.807, 2.05) is 0 Å². The Balaban J connectivity index is 1.79. The van der Waals surface area contributed by atoms with E-state index in [0.717, 1.165) is 16.8 Å². The van der Waals surface area contributed by atoms with E-state index >= 15 is 0 Å². The zero-order chi connectivity index (χ0) is 24.3. The number of nitrogens with zero attached hydrogens (tertiary/aromatic N) is 1. The number of hydrogen-bond acceptors (Lipinski definition) is 7. The van der Waals surface area contributed by atoms with E-state index in [2.05, 4.69) is 5.43 Å². The third-order valence-corrected chi connectivity index (χ3v) is 6.17. The maximum Gasteiger partial charge on any atom is 0.344 e. The van der Waals surface area contributed by atoms with Gasteiger partial charge < -0.3 is 14.6 Å². The Labute approximate surface area is 208 Å². The number of hydrogen-bond donors (Lipinski definition) is 2. The molecule has 1 aliphatic rings. The van der Waals surface area contributed by atoms with Crippen LogP contribution in [0.15, 0.2) is 41.3 Å². The number of aliphatic carboxylic acids is 1. The second kappa shape index (κ2) is 10.4. The summed E-state index contributed by atoms with van der Waals surface area (Å²) >= 11 is 18.1. The van der Waals surface area contributed by atoms with Gasteiger partial charge in [-0.05, 0) is 61.1 Å². The average molecular weight is 527 g/mol. The standard InChI is InChI=1S/C21H16Cl2N2O6S2/c1-10(20(28)29)31-15-6-3-11(7-16(15)30-2)8-17-19(27)25(21(32)33-17)24-18(26)13-5-4-12(22)9-14(13)23/h3-10H,1-2H3,(H,24,26)(H,28,29)/b17-8+. The minimum absolute atomic E-state index is 0.131. The number of rotatable bonds is 7. The maximum absolute atomic E-state index is 12.8. The Hall–Kier alpha value is -2.79. The van der Waals surface area contributed by atoms with Gasteiger partial charge >= 0.3 is 5.97 Å². The molecule has 1 unspecified atom stereocenters. The predicted molar refractivity (Wildman–Crippen MR) is 130 cm³/mol. The van der Waals surface area contributed by atoms with Crippen molar-refractivity contribution in [2.24, 2.45) is 0 Å². The molecule has 0 radical (unpaired) electrons. The zero-order valence-corrected chi connectivity index (χ0v) is 20.3. The number of nitrogens with one attached hydrogen (secondary N) is 1. The third-order valence-electron chi connectivity index (χ3n) is 4.32. The first kappa shape index (κ1) is 24.8. The van der Waals surface area contributed by atoms with Gasteiger partial charge in [0.1, 0.15) is 0 Å². The summed E-state index contributed by atoms with van der Waals surface area (Å²) in [5, 5.41) is 10.5. The Morgan fingerprint density at radius 1 is 1.21 bits per heavy atom. The molecule has 0 spiro atoms. The molecule has 172 valence electrons. The van der Waals surface area contributed by atoms with E-state index in [4.69, 9.17) is 50.0 Å². The van der Waals surface area contributed by atoms with Crippen LogP contribution in [0.2, 0.25) is 10.0 Å². The lowest BCUT2D eigenvalue weighted by molar-refractivity contribution is -0.144. The highest BCUT2D eigenvalue weighted by Gasteiger charge is 2.34. The monoisotopic (exact) mass is 526 g/mol. The minimum atomic E-state index is -1.12. The molecule has 12 heteroatoms. The normalized spacial score (nSPS) is 15.5. The summed E-state index contributed by atoms with van der Waals surface area (Å²) < 4.78 is 10.8. The lowest BCUT2D eigenvalue weighted by Crippen LogP contribution is -2.44. The molecule has 2 aromatic rings. The summed E-state index contributed by atoms with van der Waals surface area (Å²) in [7, 11) is 1.41. The molecule has 33 heavy (non-hydrogen) atoms. The van der Waals surface area contributed by atoms with Crippen LogP contribution >= 0.6 is 47.2 Å². The molecule has 1 saturated heterocycles. The highest BCUT2D eigenvalue weighted by Crippen LogP contribution is 2.34. The molecule has 1 fully saturated rings. The number of methoxy groups -OCH3 is 1. The molecule has 3 rings (SSSR count). The number of carboxylic acids is 1. The Bertz CT molecular complexity index is 1190. The second-order valence-electron chi connectivity index (χ2n) is 6.59. The molecule has 1 atom stereocenters. The number of carbonyl (C=O) groups is 3. The molecule has 0 aromatic heterocycles. The van der Waals surface area contributed by atoms with E-state index in [0.29, 0.717) is 10.6 Å². The van der Waals surface area contributed by atoms with E-state index in [1.54, 1.807) is 18.2 Å². The fourth-order valence-electron chi connectivity index (χ4n) is 2.66. The van der Waals surface area contributed by atoms with Crippen molar-refractivity contribution in [1.82, 2.24) is 10.4 Å². The topological polar surface area (TPSA) is 105 Å². The van der Waals surface area contributed by atoms with Crippen LogP contribution < -0.4 is 14.9 Å². The highest BCUT2D eigenvalue weighted by atomic mass is 35.5. The van der Waals surface area contributed by atoms with Crippen molar-refractivity contribution in [3.63, 3.8) is 0 Å². The van der Waals surface area contributed by atoms with Gasteiger partial charge in [0.2, 0.25) is 0 Å². The van der Waals surface area contributed by atoms with Crippen molar-refractivity contribution in [2.75, 3.05) is 7.11 Å². The zero-order valence-electron chi connectivity index (χ0n) is 17.1. The summed E-state index contributed by atoms with van der Waals surface area (Å²) in [6.07, 6.45) is 0.493. The van der Waals surface area contributed by atoms with Crippen molar-refractivity contribution in [3.8, 4) is 11.5 Å². The van der Waals surface area contributed by atoms with Crippen LogP contribution in [0, 0.1) is 0 Å². The molecule has 2 amide bonds. The summed E-state index contributed by atoms with van der Waals surface area (Å²) in [5.41, 5.74) is 3.16. The van der Waals surface area contributed by atoms with Crippen molar-refractivity contribution in [2.45, 2.75) is 13.0 Å². The SMILES string of the molecule is COc1cc(/C=C2/SC(=S)N(NC(=O)c3ccc(Cl)cc3Cl)C2=O)ccc1OC(C)C(=O)O. The number of benzene rings is 2. The number of ether oxygens (including phenoxy) is 2. The van der Waals surface area contributed by atoms with E-state index in [9.17, 15) is 14.4 Å². The number of halogens is 2. The quantitative estimate of drug-likeness (QED) is 0.404. The van der Waals surface area contributed by atoms with Crippen LogP contribution in [0.3, 0.4) is 0 Å². The first-order chi connectivity index (χ1) is 15.6. The molecular formula is C21H16Cl2N2O6S2. The predicted octanol–water partition coefficient (Wildman–Crippen LogP) is 4.40. The number of hydrazine groups is 1. The van der Waals surface area contributed by atoms with Gasteiger partial charge in [-0.3, -0.25) is 15.0 Å². The first-order valence-corrected chi connectivity index (χ1v) is 11.2. The van der Waals surface area contributed by atoms with Gasteiger partial charge in [-0.1, -0.05) is 41.0 Å². The molecule has 0 aliphatic carbocycles. The first-order valence-electron chi connectivity index (χ1n) is 9.22. The highest BCUT2D eigenvalue weighted by molar-refractivity contribution is 8.26. The van der Waals surface area contributed by atoms with E-state index in [1.165, 1.54) is 38.3 Å². The summed E-state index contributed by atoms with van der Waals surface area (Å²) in [6.45, 7) is 1.40. The van der Waals surface area contributed by atoms with Crippen molar-refractivity contribution in [3.05, 3.63) is 62.5 Å². The molecular weight excluding hydrogens is 511 g/mol. The van der Waals surface area contributed by atoms with Gasteiger partial charge in [0.05, 0.1) is 22.6 Å². The number of carboxylic acid groups (broad SMARTS) is 1. The lowest BCUT2D eigenvalue weighted by Gasteiger charge is -2.16. The van der Waals surface area contributed by atoms with Gasteiger partial charge in [0.25, 0.3) is 11.8 Å². The summed E-state index contributed by atoms with van der Waals surface area (Å²) in [6, 6.07) is 9.11. The van der Waals surface area contributed by atoms with E-state index < -0.39 is 23.9 Å². The van der Waals surface area contributed by atoms with Crippen LogP contribution in [0.5, 0.6) is 11.5 Å². The number of amides is 2. The Morgan fingerprint density at radius 2 is 1.94 bits per heavy atom. The maximum atomic E-state index is 12.8. The van der Waals surface area contributed by atoms with Crippen LogP contribution in [-0.4, -0.2) is 45.4 Å². The average Bonchev–Trinajstić information content (AvgIpc) is 3.01. The van der Waals surface area contributed by atoms with Gasteiger partial charge in [0.15, 0.2) is 21.9 Å². The molecule has 0 saturated carbocycles. The fraction of sp³-hybridized carbons (Fsp3) is 0.143.